The van der Waals surface area contributed by atoms with Crippen molar-refractivity contribution in [3.05, 3.63) is 91.4 Å². The van der Waals surface area contributed by atoms with Crippen molar-refractivity contribution in [1.82, 2.24) is 18.7 Å². The van der Waals surface area contributed by atoms with Crippen LogP contribution in [0.1, 0.15) is 12.5 Å². The summed E-state index contributed by atoms with van der Waals surface area (Å²) in [5.41, 5.74) is -0.644. The molecule has 1 amide bonds. The highest BCUT2D eigenvalue weighted by molar-refractivity contribution is 5.93. The molecule has 12 heteroatoms. The highest BCUT2D eigenvalue weighted by Crippen LogP contribution is 2.28. The van der Waals surface area contributed by atoms with E-state index in [1.54, 1.807) is 4.57 Å². The number of aromatic nitrogens is 4. The standard InChI is InChI=1S/C23H22N6O6/c1-3-26-14-24-21-20(26)22(31)28(23(32)27(21)12-15-7-5-4-6-8-15)13-19(30)25-17-10-9-16(35-2)11-18(17)29(33)34/h4-11,14H,3,12-13H2,1-2H3,(H,25,30). The van der Waals surface area contributed by atoms with Crippen LogP contribution in [0.2, 0.25) is 0 Å². The van der Waals surface area contributed by atoms with Crippen molar-refractivity contribution in [1.29, 1.82) is 0 Å². The smallest absolute Gasteiger partial charge is 0.333 e. The number of carbonyl (C=O) groups is 1. The van der Waals surface area contributed by atoms with E-state index in [-0.39, 0.29) is 34.8 Å². The van der Waals surface area contributed by atoms with Crippen molar-refractivity contribution in [2.45, 2.75) is 26.6 Å². The second-order valence-corrected chi connectivity index (χ2v) is 7.64. The molecular weight excluding hydrogens is 456 g/mol. The third kappa shape index (κ3) is 4.53. The number of anilines is 1. The van der Waals surface area contributed by atoms with Gasteiger partial charge in [-0.15, -0.1) is 0 Å². The number of amides is 1. The van der Waals surface area contributed by atoms with E-state index in [0.29, 0.717) is 6.54 Å². The Morgan fingerprint density at radius 2 is 1.89 bits per heavy atom. The number of nitro groups is 1. The van der Waals surface area contributed by atoms with Crippen molar-refractivity contribution >= 4 is 28.4 Å². The quantitative estimate of drug-likeness (QED) is 0.301. The van der Waals surface area contributed by atoms with E-state index in [1.165, 1.54) is 36.2 Å². The number of rotatable bonds is 8. The van der Waals surface area contributed by atoms with Crippen LogP contribution in [0.3, 0.4) is 0 Å². The summed E-state index contributed by atoms with van der Waals surface area (Å²) in [5.74, 6) is -0.529. The second-order valence-electron chi connectivity index (χ2n) is 7.64. The lowest BCUT2D eigenvalue weighted by Crippen LogP contribution is -2.43. The van der Waals surface area contributed by atoms with Crippen LogP contribution in [0.15, 0.2) is 64.4 Å². The number of nitrogens with zero attached hydrogens (tertiary/aromatic N) is 5. The van der Waals surface area contributed by atoms with Gasteiger partial charge in [-0.1, -0.05) is 30.3 Å². The van der Waals surface area contributed by atoms with E-state index < -0.39 is 28.6 Å². The van der Waals surface area contributed by atoms with Gasteiger partial charge in [0.05, 0.1) is 31.0 Å². The number of hydrogen-bond acceptors (Lipinski definition) is 7. The summed E-state index contributed by atoms with van der Waals surface area (Å²) < 4.78 is 8.74. The number of fused-ring (bicyclic) bond motifs is 1. The Bertz CT molecular complexity index is 1540. The van der Waals surface area contributed by atoms with Crippen LogP contribution in [0.25, 0.3) is 11.2 Å². The average molecular weight is 478 g/mol. The third-order valence-corrected chi connectivity index (χ3v) is 5.49. The molecule has 12 nitrogen and oxygen atoms in total. The molecule has 180 valence electrons. The van der Waals surface area contributed by atoms with Crippen molar-refractivity contribution in [2.24, 2.45) is 0 Å². The summed E-state index contributed by atoms with van der Waals surface area (Å²) in [7, 11) is 1.36. The summed E-state index contributed by atoms with van der Waals surface area (Å²) in [6.07, 6.45) is 1.47. The van der Waals surface area contributed by atoms with Crippen molar-refractivity contribution in [3.8, 4) is 5.75 Å². The van der Waals surface area contributed by atoms with Crippen LogP contribution in [0.5, 0.6) is 5.75 Å². The maximum atomic E-state index is 13.3. The molecule has 0 saturated heterocycles. The molecule has 2 aromatic carbocycles. The fraction of sp³-hybridized carbons (Fsp3) is 0.217. The molecule has 0 fully saturated rings. The molecule has 2 aromatic heterocycles. The lowest BCUT2D eigenvalue weighted by molar-refractivity contribution is -0.384. The van der Waals surface area contributed by atoms with E-state index in [0.717, 1.165) is 10.1 Å². The number of benzene rings is 2. The zero-order valence-corrected chi connectivity index (χ0v) is 19.0. The van der Waals surface area contributed by atoms with Crippen LogP contribution >= 0.6 is 0 Å². The number of hydrogen-bond donors (Lipinski definition) is 1. The number of ether oxygens (including phenoxy) is 1. The Morgan fingerprint density at radius 3 is 2.54 bits per heavy atom. The number of aryl methyl sites for hydroxylation is 1. The SMILES string of the molecule is CCn1cnc2c1c(=O)n(CC(=O)Nc1ccc(OC)cc1[N+](=O)[O-])c(=O)n2Cc1ccccc1. The van der Waals surface area contributed by atoms with Crippen molar-refractivity contribution in [2.75, 3.05) is 12.4 Å². The highest BCUT2D eigenvalue weighted by Gasteiger charge is 2.22. The van der Waals surface area contributed by atoms with Crippen LogP contribution < -0.4 is 21.3 Å². The summed E-state index contributed by atoms with van der Waals surface area (Å²) in [4.78, 5) is 54.4. The second kappa shape index (κ2) is 9.63. The Hall–Kier alpha value is -4.74. The highest BCUT2D eigenvalue weighted by atomic mass is 16.6. The molecule has 35 heavy (non-hydrogen) atoms. The number of nitrogens with one attached hydrogen (secondary N) is 1. The van der Waals surface area contributed by atoms with E-state index in [9.17, 15) is 24.5 Å². The van der Waals surface area contributed by atoms with E-state index in [2.05, 4.69) is 10.3 Å². The number of nitro benzene ring substituents is 1. The van der Waals surface area contributed by atoms with Crippen LogP contribution in [0, 0.1) is 10.1 Å². The fourth-order valence-electron chi connectivity index (χ4n) is 3.75. The molecule has 0 saturated carbocycles. The number of methoxy groups -OCH3 is 1. The van der Waals surface area contributed by atoms with Gasteiger partial charge in [0.15, 0.2) is 11.2 Å². The van der Waals surface area contributed by atoms with Gasteiger partial charge in [-0.2, -0.15) is 0 Å². The van der Waals surface area contributed by atoms with E-state index >= 15 is 0 Å². The fourth-order valence-corrected chi connectivity index (χ4v) is 3.75. The Balaban J connectivity index is 1.75. The van der Waals surface area contributed by atoms with E-state index in [4.69, 9.17) is 4.74 Å². The molecule has 0 radical (unpaired) electrons. The minimum Gasteiger partial charge on any atom is -0.496 e. The average Bonchev–Trinajstić information content (AvgIpc) is 3.29. The maximum Gasteiger partial charge on any atom is 0.333 e. The molecule has 0 atom stereocenters. The molecule has 4 aromatic rings. The lowest BCUT2D eigenvalue weighted by atomic mass is 10.2. The van der Waals surface area contributed by atoms with Crippen LogP contribution in [-0.2, 0) is 24.4 Å². The zero-order chi connectivity index (χ0) is 25.1. The topological polar surface area (TPSA) is 143 Å². The Morgan fingerprint density at radius 1 is 1.14 bits per heavy atom. The molecule has 0 aliphatic heterocycles. The molecule has 0 aliphatic rings. The van der Waals surface area contributed by atoms with Gasteiger partial charge in [-0.25, -0.2) is 14.3 Å². The summed E-state index contributed by atoms with van der Waals surface area (Å²) in [6, 6.07) is 13.1. The third-order valence-electron chi connectivity index (χ3n) is 5.49. The molecule has 2 heterocycles. The van der Waals surface area contributed by atoms with Gasteiger partial charge in [0.25, 0.3) is 11.2 Å². The Labute approximate surface area is 198 Å². The lowest BCUT2D eigenvalue weighted by Gasteiger charge is -2.13. The molecule has 0 bridgehead atoms. The summed E-state index contributed by atoms with van der Waals surface area (Å²) in [6.45, 7) is 1.76. The molecule has 0 aliphatic carbocycles. The first-order valence-corrected chi connectivity index (χ1v) is 10.7. The number of carbonyl (C=O) groups excluding carboxylic acids is 1. The van der Waals surface area contributed by atoms with Gasteiger partial charge in [0.2, 0.25) is 5.91 Å². The van der Waals surface area contributed by atoms with Crippen molar-refractivity contribution in [3.63, 3.8) is 0 Å². The van der Waals surface area contributed by atoms with Gasteiger partial charge in [-0.05, 0) is 24.6 Å². The van der Waals surface area contributed by atoms with Crippen molar-refractivity contribution < 1.29 is 14.5 Å². The predicted molar refractivity (Wildman–Crippen MR) is 128 cm³/mol. The largest absolute Gasteiger partial charge is 0.496 e. The number of imidazole rings is 1. The first-order chi connectivity index (χ1) is 16.8. The van der Waals surface area contributed by atoms with Gasteiger partial charge in [0.1, 0.15) is 18.0 Å². The van der Waals surface area contributed by atoms with E-state index in [1.807, 2.05) is 37.3 Å². The maximum absolute atomic E-state index is 13.3. The first-order valence-electron chi connectivity index (χ1n) is 10.7. The van der Waals surface area contributed by atoms with Gasteiger partial charge < -0.3 is 14.6 Å². The minimum atomic E-state index is -0.773. The monoisotopic (exact) mass is 478 g/mol. The predicted octanol–water partition coefficient (Wildman–Crippen LogP) is 1.98. The molecule has 0 spiro atoms. The summed E-state index contributed by atoms with van der Waals surface area (Å²) in [5, 5.41) is 13.8. The molecule has 0 unspecified atom stereocenters. The normalized spacial score (nSPS) is 10.9. The van der Waals surface area contributed by atoms with Crippen LogP contribution in [-0.4, -0.2) is 36.6 Å². The minimum absolute atomic E-state index is 0.0851. The molecular formula is C23H22N6O6. The zero-order valence-electron chi connectivity index (χ0n) is 19.0. The molecule has 1 N–H and O–H groups in total. The van der Waals surface area contributed by atoms with Crippen LogP contribution in [0.4, 0.5) is 11.4 Å². The van der Waals surface area contributed by atoms with Gasteiger partial charge in [0, 0.05) is 6.54 Å². The summed E-state index contributed by atoms with van der Waals surface area (Å²) >= 11 is 0. The first kappa shape index (κ1) is 23.4. The Kier molecular flexibility index (Phi) is 6.44. The van der Waals surface area contributed by atoms with Gasteiger partial charge >= 0.3 is 5.69 Å². The molecule has 4 rings (SSSR count). The van der Waals surface area contributed by atoms with Gasteiger partial charge in [-0.3, -0.25) is 24.3 Å².